The van der Waals surface area contributed by atoms with Crippen LogP contribution in [0.1, 0.15) is 27.8 Å². The Labute approximate surface area is 163 Å². The number of nitrogens with one attached hydrogen (secondary N) is 1. The molecule has 0 unspecified atom stereocenters. The van der Waals surface area contributed by atoms with Gasteiger partial charge in [0.25, 0.3) is 5.91 Å². The molecule has 2 rings (SSSR count). The van der Waals surface area contributed by atoms with Crippen LogP contribution in [0.25, 0.3) is 0 Å². The standard InChI is InChI=1S/C21H22N2O3S/c1-13-5-6-17(7-14(13)2)10-20(25)26-11-19(24)23-21-15(3)8-18(27-12-22)9-16(21)4/h5-9H,10-11H2,1-4H3,(H,23,24). The lowest BCUT2D eigenvalue weighted by Crippen LogP contribution is -2.22. The molecule has 0 aliphatic heterocycles. The van der Waals surface area contributed by atoms with Gasteiger partial charge in [0.2, 0.25) is 0 Å². The third-order valence-electron chi connectivity index (χ3n) is 4.22. The average molecular weight is 382 g/mol. The maximum absolute atomic E-state index is 12.1. The summed E-state index contributed by atoms with van der Waals surface area (Å²) in [7, 11) is 0. The number of rotatable bonds is 6. The summed E-state index contributed by atoms with van der Waals surface area (Å²) in [6.07, 6.45) is 0.131. The molecule has 0 radical (unpaired) electrons. The van der Waals surface area contributed by atoms with Crippen molar-refractivity contribution < 1.29 is 14.3 Å². The molecule has 0 aromatic heterocycles. The highest BCUT2D eigenvalue weighted by Crippen LogP contribution is 2.27. The number of carbonyl (C=O) groups is 2. The fraction of sp³-hybridized carbons (Fsp3) is 0.286. The third kappa shape index (κ3) is 5.87. The quantitative estimate of drug-likeness (QED) is 0.460. The summed E-state index contributed by atoms with van der Waals surface area (Å²) in [5.41, 5.74) is 5.51. The zero-order chi connectivity index (χ0) is 20.0. The summed E-state index contributed by atoms with van der Waals surface area (Å²) in [6.45, 7) is 7.38. The number of nitriles is 1. The van der Waals surface area contributed by atoms with Crippen LogP contribution in [0.2, 0.25) is 0 Å². The molecule has 0 aliphatic carbocycles. The summed E-state index contributed by atoms with van der Waals surface area (Å²) in [6, 6.07) is 9.47. The van der Waals surface area contributed by atoms with Crippen molar-refractivity contribution in [3.05, 3.63) is 58.1 Å². The first kappa shape index (κ1) is 20.5. The Morgan fingerprint density at radius 2 is 1.70 bits per heavy atom. The molecule has 2 aromatic carbocycles. The van der Waals surface area contributed by atoms with Gasteiger partial charge in [-0.3, -0.25) is 9.59 Å². The molecule has 0 atom stereocenters. The van der Waals surface area contributed by atoms with E-state index in [1.165, 1.54) is 0 Å². The van der Waals surface area contributed by atoms with Crippen molar-refractivity contribution in [2.75, 3.05) is 11.9 Å². The van der Waals surface area contributed by atoms with Crippen LogP contribution >= 0.6 is 11.8 Å². The van der Waals surface area contributed by atoms with E-state index in [4.69, 9.17) is 10.00 Å². The van der Waals surface area contributed by atoms with Crippen molar-refractivity contribution in [2.45, 2.75) is 39.0 Å². The zero-order valence-corrected chi connectivity index (χ0v) is 16.7. The number of esters is 1. The molecule has 6 heteroatoms. The van der Waals surface area contributed by atoms with E-state index in [-0.39, 0.29) is 13.0 Å². The van der Waals surface area contributed by atoms with Gasteiger partial charge in [-0.25, -0.2) is 0 Å². The van der Waals surface area contributed by atoms with E-state index in [1.807, 2.05) is 63.4 Å². The first-order valence-electron chi connectivity index (χ1n) is 8.49. The molecule has 0 bridgehead atoms. The van der Waals surface area contributed by atoms with E-state index in [1.54, 1.807) is 0 Å². The monoisotopic (exact) mass is 382 g/mol. The summed E-state index contributed by atoms with van der Waals surface area (Å²) >= 11 is 1.07. The van der Waals surface area contributed by atoms with Crippen molar-refractivity contribution in [2.24, 2.45) is 0 Å². The van der Waals surface area contributed by atoms with E-state index < -0.39 is 11.9 Å². The molecule has 1 N–H and O–H groups in total. The molecule has 5 nitrogen and oxygen atoms in total. The fourth-order valence-corrected chi connectivity index (χ4v) is 3.26. The summed E-state index contributed by atoms with van der Waals surface area (Å²) in [5.74, 6) is -0.835. The average Bonchev–Trinajstić information content (AvgIpc) is 2.60. The van der Waals surface area contributed by atoms with E-state index in [2.05, 4.69) is 5.32 Å². The Kier molecular flexibility index (Phi) is 7.03. The van der Waals surface area contributed by atoms with Crippen LogP contribution in [-0.2, 0) is 20.7 Å². The maximum atomic E-state index is 12.1. The van der Waals surface area contributed by atoms with Crippen molar-refractivity contribution in [3.8, 4) is 5.40 Å². The van der Waals surface area contributed by atoms with E-state index >= 15 is 0 Å². The van der Waals surface area contributed by atoms with Crippen LogP contribution in [0.3, 0.4) is 0 Å². The minimum Gasteiger partial charge on any atom is -0.455 e. The largest absolute Gasteiger partial charge is 0.455 e. The van der Waals surface area contributed by atoms with Gasteiger partial charge in [0.05, 0.1) is 6.42 Å². The van der Waals surface area contributed by atoms with Crippen LogP contribution in [-0.4, -0.2) is 18.5 Å². The molecule has 1 amide bonds. The van der Waals surface area contributed by atoms with Crippen molar-refractivity contribution in [1.82, 2.24) is 0 Å². The minimum absolute atomic E-state index is 0.131. The summed E-state index contributed by atoms with van der Waals surface area (Å²) in [5, 5.41) is 13.6. The number of amides is 1. The third-order valence-corrected chi connectivity index (χ3v) is 4.78. The lowest BCUT2D eigenvalue weighted by Gasteiger charge is -2.13. The number of ether oxygens (including phenoxy) is 1. The van der Waals surface area contributed by atoms with Crippen LogP contribution < -0.4 is 5.32 Å². The first-order valence-corrected chi connectivity index (χ1v) is 9.30. The highest BCUT2D eigenvalue weighted by Gasteiger charge is 2.12. The van der Waals surface area contributed by atoms with Gasteiger partial charge in [0, 0.05) is 10.6 Å². The number of carbonyl (C=O) groups excluding carboxylic acids is 2. The number of anilines is 1. The van der Waals surface area contributed by atoms with Crippen LogP contribution in [0.4, 0.5) is 5.69 Å². The second-order valence-electron chi connectivity index (χ2n) is 6.43. The van der Waals surface area contributed by atoms with E-state index in [9.17, 15) is 9.59 Å². The van der Waals surface area contributed by atoms with Crippen molar-refractivity contribution in [3.63, 3.8) is 0 Å². The SMILES string of the molecule is Cc1ccc(CC(=O)OCC(=O)Nc2c(C)cc(SC#N)cc2C)cc1C. The normalized spacial score (nSPS) is 10.2. The molecule has 0 aliphatic rings. The highest BCUT2D eigenvalue weighted by molar-refractivity contribution is 8.03. The van der Waals surface area contributed by atoms with Crippen LogP contribution in [0.15, 0.2) is 35.2 Å². The predicted octanol–water partition coefficient (Wildman–Crippen LogP) is 4.22. The molecule has 140 valence electrons. The van der Waals surface area contributed by atoms with Gasteiger partial charge in [-0.1, -0.05) is 18.2 Å². The molecule has 0 fully saturated rings. The Balaban J connectivity index is 1.91. The van der Waals surface area contributed by atoms with Crippen molar-refractivity contribution >= 4 is 29.3 Å². The minimum atomic E-state index is -0.442. The molecule has 0 saturated carbocycles. The Morgan fingerprint density at radius 1 is 1.04 bits per heavy atom. The van der Waals surface area contributed by atoms with Gasteiger partial charge in [-0.05, 0) is 79.4 Å². The highest BCUT2D eigenvalue weighted by atomic mass is 32.2. The first-order chi connectivity index (χ1) is 12.8. The number of thioether (sulfide) groups is 1. The molecular formula is C21H22N2O3S. The van der Waals surface area contributed by atoms with Gasteiger partial charge in [-0.2, -0.15) is 5.26 Å². The van der Waals surface area contributed by atoms with Crippen LogP contribution in [0.5, 0.6) is 0 Å². The second-order valence-corrected chi connectivity index (χ2v) is 7.29. The van der Waals surface area contributed by atoms with Gasteiger partial charge < -0.3 is 10.1 Å². The van der Waals surface area contributed by atoms with Crippen LogP contribution in [0, 0.1) is 38.4 Å². The van der Waals surface area contributed by atoms with Crippen molar-refractivity contribution in [1.29, 1.82) is 5.26 Å². The topological polar surface area (TPSA) is 79.2 Å². The maximum Gasteiger partial charge on any atom is 0.310 e. The molecule has 27 heavy (non-hydrogen) atoms. The summed E-state index contributed by atoms with van der Waals surface area (Å²) < 4.78 is 5.09. The summed E-state index contributed by atoms with van der Waals surface area (Å²) in [4.78, 5) is 24.9. The second kappa shape index (κ2) is 9.24. The lowest BCUT2D eigenvalue weighted by atomic mass is 10.0. The Morgan fingerprint density at radius 3 is 2.30 bits per heavy atom. The number of hydrogen-bond donors (Lipinski definition) is 1. The molecule has 0 saturated heterocycles. The Hall–Kier alpha value is -2.78. The number of benzene rings is 2. The lowest BCUT2D eigenvalue weighted by molar-refractivity contribution is -0.146. The number of thiocyanates is 1. The fourth-order valence-electron chi connectivity index (χ4n) is 2.69. The smallest absolute Gasteiger partial charge is 0.310 e. The predicted molar refractivity (Wildman–Crippen MR) is 107 cm³/mol. The van der Waals surface area contributed by atoms with Gasteiger partial charge in [0.15, 0.2) is 6.61 Å². The molecule has 2 aromatic rings. The van der Waals surface area contributed by atoms with E-state index in [0.29, 0.717) is 5.69 Å². The van der Waals surface area contributed by atoms with Gasteiger partial charge in [0.1, 0.15) is 5.40 Å². The Bertz CT molecular complexity index is 893. The molecule has 0 heterocycles. The van der Waals surface area contributed by atoms with Gasteiger partial charge in [-0.15, -0.1) is 0 Å². The number of hydrogen-bond acceptors (Lipinski definition) is 5. The van der Waals surface area contributed by atoms with Gasteiger partial charge >= 0.3 is 5.97 Å². The molecule has 0 spiro atoms. The molecular weight excluding hydrogens is 360 g/mol. The number of aryl methyl sites for hydroxylation is 4. The van der Waals surface area contributed by atoms with E-state index in [0.717, 1.165) is 44.5 Å². The number of nitrogens with zero attached hydrogens (tertiary/aromatic N) is 1. The zero-order valence-electron chi connectivity index (χ0n) is 15.9.